The molecule has 0 saturated carbocycles. The predicted octanol–water partition coefficient (Wildman–Crippen LogP) is 1.26. The number of nitrogens with zero attached hydrogens (tertiary/aromatic N) is 1. The highest BCUT2D eigenvalue weighted by Crippen LogP contribution is 2.31. The van der Waals surface area contributed by atoms with Crippen LogP contribution in [-0.4, -0.2) is 63.4 Å². The molecule has 216 valence electrons. The number of hydrogen-bond acceptors (Lipinski definition) is 10. The lowest BCUT2D eigenvalue weighted by atomic mass is 10.0. The standard InChI is InChI=1S/C25H36N3O9PS/c1-18(2)15-28(39(33,34)22-10-8-20(26)9-11-22)16-24(37-38(30,31)32)23(14-19-6-4-3-5-7-19)27-25(29)36-21-12-13-35-17-21/h3-11,18,21,23-24H,12-17,26H2,1-2H3,(H,27,29)(H2,30,31,32)/p-2/t21?,23-,24?/m0/s1. The van der Waals surface area contributed by atoms with Crippen LogP contribution in [-0.2, 0) is 35.0 Å². The van der Waals surface area contributed by atoms with Crippen LogP contribution in [0.2, 0.25) is 0 Å². The third kappa shape index (κ3) is 9.87. The number of phosphoric ester groups is 1. The molecular weight excluding hydrogens is 549 g/mol. The first kappa shape index (κ1) is 31.0. The summed E-state index contributed by atoms with van der Waals surface area (Å²) in [6.07, 6.45) is -2.41. The number of phosphoric acid groups is 1. The van der Waals surface area contributed by atoms with Gasteiger partial charge >= 0.3 is 6.09 Å². The molecule has 1 heterocycles. The fourth-order valence-electron chi connectivity index (χ4n) is 4.15. The molecule has 0 spiro atoms. The van der Waals surface area contributed by atoms with Crippen LogP contribution in [0, 0.1) is 5.92 Å². The topological polar surface area (TPSA) is 183 Å². The van der Waals surface area contributed by atoms with Crippen LogP contribution in [0.5, 0.6) is 0 Å². The van der Waals surface area contributed by atoms with E-state index in [0.29, 0.717) is 24.3 Å². The summed E-state index contributed by atoms with van der Waals surface area (Å²) in [6, 6.07) is 13.1. The highest BCUT2D eigenvalue weighted by atomic mass is 32.2. The van der Waals surface area contributed by atoms with Crippen molar-refractivity contribution in [1.82, 2.24) is 9.62 Å². The van der Waals surface area contributed by atoms with Gasteiger partial charge in [-0.15, -0.1) is 0 Å². The number of nitrogens with one attached hydrogen (secondary N) is 1. The van der Waals surface area contributed by atoms with E-state index in [1.54, 1.807) is 44.2 Å². The summed E-state index contributed by atoms with van der Waals surface area (Å²) in [5.74, 6) is -0.173. The quantitative estimate of drug-likeness (QED) is 0.257. The summed E-state index contributed by atoms with van der Waals surface area (Å²) in [7, 11) is -9.80. The van der Waals surface area contributed by atoms with Gasteiger partial charge in [0.25, 0.3) is 0 Å². The molecule has 0 aliphatic carbocycles. The Kier molecular flexibility index (Phi) is 10.9. The third-order valence-corrected chi connectivity index (χ3v) is 8.32. The van der Waals surface area contributed by atoms with E-state index in [2.05, 4.69) is 5.32 Å². The number of nitrogens with two attached hydrogens (primary N) is 1. The number of alkyl carbamates (subject to hydrolysis) is 1. The van der Waals surface area contributed by atoms with E-state index in [4.69, 9.17) is 19.7 Å². The number of ether oxygens (including phenoxy) is 2. The monoisotopic (exact) mass is 583 g/mol. The summed E-state index contributed by atoms with van der Waals surface area (Å²) in [5, 5.41) is 2.59. The molecule has 3 N–H and O–H groups in total. The maximum absolute atomic E-state index is 13.6. The number of sulfonamides is 1. The molecular formula is C25H34N3O9PS-2. The number of amides is 1. The van der Waals surface area contributed by atoms with Crippen LogP contribution in [0.25, 0.3) is 0 Å². The zero-order valence-electron chi connectivity index (χ0n) is 21.8. The average molecular weight is 584 g/mol. The number of carbonyl (C=O) groups is 1. The second-order valence-corrected chi connectivity index (χ2v) is 12.8. The van der Waals surface area contributed by atoms with E-state index in [0.717, 1.165) is 4.31 Å². The Labute approximate surface area is 228 Å². The first-order valence-electron chi connectivity index (χ1n) is 12.5. The highest BCUT2D eigenvalue weighted by Gasteiger charge is 2.34. The van der Waals surface area contributed by atoms with Gasteiger partial charge in [-0.2, -0.15) is 4.31 Å². The molecule has 12 nitrogen and oxygen atoms in total. The van der Waals surface area contributed by atoms with Crippen molar-refractivity contribution in [2.75, 3.05) is 32.0 Å². The lowest BCUT2D eigenvalue weighted by Crippen LogP contribution is -2.53. The lowest BCUT2D eigenvalue weighted by molar-refractivity contribution is -0.345. The Bertz CT molecular complexity index is 1220. The molecule has 14 heteroatoms. The zero-order valence-corrected chi connectivity index (χ0v) is 23.5. The fraction of sp³-hybridized carbons (Fsp3) is 0.480. The predicted molar refractivity (Wildman–Crippen MR) is 140 cm³/mol. The van der Waals surface area contributed by atoms with Crippen molar-refractivity contribution < 1.29 is 41.6 Å². The van der Waals surface area contributed by atoms with Crippen LogP contribution in [0.3, 0.4) is 0 Å². The molecule has 0 bridgehead atoms. The minimum atomic E-state index is -5.62. The van der Waals surface area contributed by atoms with Crippen LogP contribution >= 0.6 is 7.82 Å². The van der Waals surface area contributed by atoms with E-state index < -0.39 is 48.7 Å². The molecule has 2 unspecified atom stereocenters. The molecule has 1 fully saturated rings. The van der Waals surface area contributed by atoms with E-state index >= 15 is 0 Å². The molecule has 0 radical (unpaired) electrons. The SMILES string of the molecule is CC(C)CN(CC(OP(=O)([O-])[O-])[C@H](Cc1ccccc1)NC(=O)OC1CCOC1)S(=O)(=O)c1ccc(N)cc1. The highest BCUT2D eigenvalue weighted by molar-refractivity contribution is 7.89. The average Bonchev–Trinajstić information content (AvgIpc) is 3.35. The van der Waals surface area contributed by atoms with Crippen LogP contribution in [0.4, 0.5) is 10.5 Å². The maximum Gasteiger partial charge on any atom is 0.407 e. The Balaban J connectivity index is 1.96. The summed E-state index contributed by atoms with van der Waals surface area (Å²) < 4.78 is 55.6. The summed E-state index contributed by atoms with van der Waals surface area (Å²) >= 11 is 0. The van der Waals surface area contributed by atoms with Gasteiger partial charge in [0.05, 0.1) is 38.1 Å². The molecule has 1 aliphatic rings. The summed E-state index contributed by atoms with van der Waals surface area (Å²) in [5.41, 5.74) is 6.75. The van der Waals surface area contributed by atoms with Crippen LogP contribution < -0.4 is 20.8 Å². The van der Waals surface area contributed by atoms with Crippen molar-refractivity contribution in [2.24, 2.45) is 5.92 Å². The van der Waals surface area contributed by atoms with Gasteiger partial charge in [0, 0.05) is 25.2 Å². The first-order valence-corrected chi connectivity index (χ1v) is 15.4. The second kappa shape index (κ2) is 13.7. The lowest BCUT2D eigenvalue weighted by Gasteiger charge is -2.39. The number of benzene rings is 2. The summed E-state index contributed by atoms with van der Waals surface area (Å²) in [4.78, 5) is 36.4. The van der Waals surface area contributed by atoms with E-state index in [1.165, 1.54) is 24.3 Å². The van der Waals surface area contributed by atoms with Crippen molar-refractivity contribution >= 4 is 29.6 Å². The van der Waals surface area contributed by atoms with E-state index in [-0.39, 0.29) is 30.4 Å². The molecule has 2 aromatic rings. The van der Waals surface area contributed by atoms with Gasteiger partial charge in [0.2, 0.25) is 10.0 Å². The van der Waals surface area contributed by atoms with Gasteiger partial charge in [-0.05, 0) is 42.2 Å². The number of nitrogen functional groups attached to an aromatic ring is 1. The number of hydrogen-bond donors (Lipinski definition) is 2. The molecule has 3 atom stereocenters. The zero-order chi connectivity index (χ0) is 28.6. The molecule has 1 saturated heterocycles. The first-order chi connectivity index (χ1) is 18.3. The van der Waals surface area contributed by atoms with E-state index in [9.17, 15) is 27.6 Å². The molecule has 39 heavy (non-hydrogen) atoms. The van der Waals surface area contributed by atoms with Gasteiger partial charge in [-0.3, -0.25) is 0 Å². The van der Waals surface area contributed by atoms with E-state index in [1.807, 2.05) is 0 Å². The Morgan fingerprint density at radius 1 is 1.15 bits per heavy atom. The minimum Gasteiger partial charge on any atom is -0.790 e. The molecule has 0 aromatic heterocycles. The van der Waals surface area contributed by atoms with Crippen molar-refractivity contribution in [1.29, 1.82) is 0 Å². The number of rotatable bonds is 13. The van der Waals surface area contributed by atoms with Gasteiger partial charge in [0.1, 0.15) is 6.10 Å². The molecule has 1 amide bonds. The molecule has 1 aliphatic heterocycles. The Morgan fingerprint density at radius 3 is 2.38 bits per heavy atom. The fourth-order valence-corrected chi connectivity index (χ4v) is 6.31. The minimum absolute atomic E-state index is 0.0174. The smallest absolute Gasteiger partial charge is 0.407 e. The van der Waals surface area contributed by atoms with Crippen molar-refractivity contribution in [3.63, 3.8) is 0 Å². The van der Waals surface area contributed by atoms with Gasteiger partial charge in [0.15, 0.2) is 0 Å². The van der Waals surface area contributed by atoms with Gasteiger partial charge in [-0.1, -0.05) is 44.2 Å². The Morgan fingerprint density at radius 2 is 1.82 bits per heavy atom. The van der Waals surface area contributed by atoms with Gasteiger partial charge in [-0.25, -0.2) is 13.2 Å². The Hall–Kier alpha value is -2.51. The maximum atomic E-state index is 13.6. The molecule has 2 aromatic carbocycles. The van der Waals surface area contributed by atoms with Crippen LogP contribution in [0.15, 0.2) is 59.5 Å². The van der Waals surface area contributed by atoms with Crippen molar-refractivity contribution in [3.8, 4) is 0 Å². The van der Waals surface area contributed by atoms with Gasteiger partial charge < -0.3 is 39.4 Å². The normalized spacial score (nSPS) is 17.7. The van der Waals surface area contributed by atoms with Crippen molar-refractivity contribution in [2.45, 2.75) is 49.8 Å². The number of anilines is 1. The number of carbonyl (C=O) groups excluding carboxylic acids is 1. The van der Waals surface area contributed by atoms with Crippen LogP contribution in [0.1, 0.15) is 25.8 Å². The third-order valence-electron chi connectivity index (χ3n) is 5.95. The largest absolute Gasteiger partial charge is 0.790 e. The second-order valence-electron chi connectivity index (χ2n) is 9.71. The van der Waals surface area contributed by atoms with Crippen molar-refractivity contribution in [3.05, 3.63) is 60.2 Å². The summed E-state index contributed by atoms with van der Waals surface area (Å²) in [6.45, 7) is 3.66. The molecule has 3 rings (SSSR count).